The van der Waals surface area contributed by atoms with Gasteiger partial charge in [-0.25, -0.2) is 0 Å². The van der Waals surface area contributed by atoms with E-state index in [4.69, 9.17) is 4.74 Å². The normalized spacial score (nSPS) is 17.0. The predicted molar refractivity (Wildman–Crippen MR) is 144 cm³/mol. The summed E-state index contributed by atoms with van der Waals surface area (Å²) in [5.41, 5.74) is 1.21. The van der Waals surface area contributed by atoms with E-state index in [1.807, 2.05) is 0 Å². The Bertz CT molecular complexity index is 681. The number of hydrogen-bond acceptors (Lipinski definition) is 2. The molecule has 1 heterocycles. The molecule has 1 aromatic carbocycles. The first-order valence-electron chi connectivity index (χ1n) is 13.8. The standard InChI is InChI=1S/C17H22NO2.3C4H9.Sn/c1-2-3-4-5-6-10-13-18-16(14-20-17(18)19)15-11-8-7-9-12-15;3*1-3-4-2;/h7-12,16H,2-6,14H2,1H3;3*1,3-4H2,2H3;/t16-;;;;/m0..../s1. The van der Waals surface area contributed by atoms with Crippen molar-refractivity contribution in [1.82, 2.24) is 4.90 Å². The van der Waals surface area contributed by atoms with Crippen LogP contribution in [-0.2, 0) is 4.74 Å². The van der Waals surface area contributed by atoms with E-state index in [0.717, 1.165) is 6.42 Å². The molecule has 1 aliphatic heterocycles. The second-order valence-electron chi connectivity index (χ2n) is 9.90. The fourth-order valence-electron chi connectivity index (χ4n) is 5.29. The van der Waals surface area contributed by atoms with Gasteiger partial charge in [-0.2, -0.15) is 0 Å². The van der Waals surface area contributed by atoms with Gasteiger partial charge in [0.2, 0.25) is 0 Å². The summed E-state index contributed by atoms with van der Waals surface area (Å²) in [4.78, 5) is 15.5. The molecule has 0 spiro atoms. The van der Waals surface area contributed by atoms with E-state index in [-0.39, 0.29) is 12.1 Å². The van der Waals surface area contributed by atoms with Gasteiger partial charge in [0.15, 0.2) is 0 Å². The van der Waals surface area contributed by atoms with Crippen LogP contribution in [-0.4, -0.2) is 36.0 Å². The van der Waals surface area contributed by atoms with Crippen LogP contribution in [0, 0.1) is 0 Å². The molecule has 1 aromatic rings. The Morgan fingerprint density at radius 1 is 0.879 bits per heavy atom. The van der Waals surface area contributed by atoms with Crippen molar-refractivity contribution in [1.29, 1.82) is 0 Å². The van der Waals surface area contributed by atoms with Gasteiger partial charge in [0.1, 0.15) is 0 Å². The van der Waals surface area contributed by atoms with Crippen LogP contribution < -0.4 is 0 Å². The molecule has 0 radical (unpaired) electrons. The monoisotopic (exact) mass is 563 g/mol. The third-order valence-electron chi connectivity index (χ3n) is 7.28. The molecule has 0 aliphatic carbocycles. The van der Waals surface area contributed by atoms with Crippen LogP contribution in [0.15, 0.2) is 40.1 Å². The molecule has 0 bridgehead atoms. The van der Waals surface area contributed by atoms with Crippen LogP contribution >= 0.6 is 0 Å². The quantitative estimate of drug-likeness (QED) is 0.140. The van der Waals surface area contributed by atoms with Crippen molar-refractivity contribution in [3.63, 3.8) is 0 Å². The van der Waals surface area contributed by atoms with Gasteiger partial charge in [-0.05, 0) is 0 Å². The Labute approximate surface area is 208 Å². The summed E-state index contributed by atoms with van der Waals surface area (Å²) in [5.74, 6) is 0. The van der Waals surface area contributed by atoms with Gasteiger partial charge < -0.3 is 0 Å². The number of ether oxygens (including phenoxy) is 1. The Kier molecular flexibility index (Phi) is 13.6. The van der Waals surface area contributed by atoms with Crippen LogP contribution in [0.5, 0.6) is 0 Å². The SMILES string of the molecule is CCCCCC/C=[C](/N1C(=O)OC[C@H]1c1ccccc1)[Sn]([CH2]CCC)([CH2]CCC)[CH2]CCC. The minimum atomic E-state index is -2.83. The van der Waals surface area contributed by atoms with Crippen molar-refractivity contribution in [2.45, 2.75) is 118 Å². The summed E-state index contributed by atoms with van der Waals surface area (Å²) < 4.78 is 11.3. The summed E-state index contributed by atoms with van der Waals surface area (Å²) in [6.07, 6.45) is 16.2. The van der Waals surface area contributed by atoms with Gasteiger partial charge in [0.25, 0.3) is 0 Å². The Balaban J connectivity index is 2.51. The summed E-state index contributed by atoms with van der Waals surface area (Å²) >= 11 is -2.83. The molecule has 186 valence electrons. The van der Waals surface area contributed by atoms with E-state index >= 15 is 0 Å². The van der Waals surface area contributed by atoms with E-state index in [9.17, 15) is 4.79 Å². The second-order valence-corrected chi connectivity index (χ2v) is 23.0. The summed E-state index contributed by atoms with van der Waals surface area (Å²) in [7, 11) is 0. The maximum absolute atomic E-state index is 13.3. The number of hydrogen-bond donors (Lipinski definition) is 0. The predicted octanol–water partition coefficient (Wildman–Crippen LogP) is 9.42. The van der Waals surface area contributed by atoms with E-state index in [2.05, 4.69) is 69.0 Å². The summed E-state index contributed by atoms with van der Waals surface area (Å²) in [6, 6.07) is 10.6. The van der Waals surface area contributed by atoms with Crippen LogP contribution in [0.2, 0.25) is 13.3 Å². The molecule has 1 atom stereocenters. The molecule has 3 nitrogen and oxygen atoms in total. The Morgan fingerprint density at radius 3 is 2.00 bits per heavy atom. The van der Waals surface area contributed by atoms with Gasteiger partial charge in [-0.3, -0.25) is 0 Å². The van der Waals surface area contributed by atoms with Crippen molar-refractivity contribution < 1.29 is 9.53 Å². The zero-order valence-electron chi connectivity index (χ0n) is 21.9. The minimum absolute atomic E-state index is 0.0292. The first-order valence-corrected chi connectivity index (χ1v) is 21.3. The zero-order valence-corrected chi connectivity index (χ0v) is 24.8. The van der Waals surface area contributed by atoms with E-state index < -0.39 is 18.4 Å². The third-order valence-corrected chi connectivity index (χ3v) is 22.9. The van der Waals surface area contributed by atoms with Crippen molar-refractivity contribution in [2.24, 2.45) is 0 Å². The molecule has 1 amide bonds. The van der Waals surface area contributed by atoms with Gasteiger partial charge in [0, 0.05) is 0 Å². The van der Waals surface area contributed by atoms with Crippen molar-refractivity contribution in [3.8, 4) is 0 Å². The molecule has 33 heavy (non-hydrogen) atoms. The number of carbonyl (C=O) groups excluding carboxylic acids is 1. The third kappa shape index (κ3) is 8.33. The molecule has 0 N–H and O–H groups in total. The zero-order chi connectivity index (χ0) is 23.9. The van der Waals surface area contributed by atoms with Gasteiger partial charge in [-0.1, -0.05) is 0 Å². The summed E-state index contributed by atoms with van der Waals surface area (Å²) in [6.45, 7) is 9.71. The molecule has 4 heteroatoms. The molecular formula is C29H49NO2Sn. The average molecular weight is 562 g/mol. The molecular weight excluding hydrogens is 513 g/mol. The second kappa shape index (κ2) is 15.8. The van der Waals surface area contributed by atoms with Crippen molar-refractivity contribution in [3.05, 3.63) is 45.7 Å². The first-order chi connectivity index (χ1) is 16.1. The fraction of sp³-hybridized carbons (Fsp3) is 0.690. The Hall–Kier alpha value is -0.971. The molecule has 0 unspecified atom stereocenters. The number of rotatable bonds is 17. The van der Waals surface area contributed by atoms with Gasteiger partial charge in [-0.15, -0.1) is 0 Å². The number of nitrogens with zero attached hydrogens (tertiary/aromatic N) is 1. The Morgan fingerprint density at radius 2 is 1.45 bits per heavy atom. The molecule has 1 fully saturated rings. The number of cyclic esters (lactones) is 1. The van der Waals surface area contributed by atoms with Crippen molar-refractivity contribution in [2.75, 3.05) is 6.61 Å². The fourth-order valence-corrected chi connectivity index (χ4v) is 22.3. The molecule has 0 saturated carbocycles. The number of benzene rings is 1. The van der Waals surface area contributed by atoms with Crippen LogP contribution in [0.3, 0.4) is 0 Å². The van der Waals surface area contributed by atoms with Gasteiger partial charge >= 0.3 is 209 Å². The number of carbonyl (C=O) groups is 1. The molecule has 2 rings (SSSR count). The van der Waals surface area contributed by atoms with Crippen molar-refractivity contribution >= 4 is 24.5 Å². The van der Waals surface area contributed by atoms with Gasteiger partial charge in [0.05, 0.1) is 0 Å². The molecule has 0 aromatic heterocycles. The van der Waals surface area contributed by atoms with Crippen LogP contribution in [0.4, 0.5) is 4.79 Å². The van der Waals surface area contributed by atoms with E-state index in [1.165, 1.54) is 86.8 Å². The van der Waals surface area contributed by atoms with Crippen LogP contribution in [0.1, 0.15) is 110 Å². The number of amides is 1. The first kappa shape index (κ1) is 28.3. The number of allylic oxidation sites excluding steroid dienone is 1. The molecule has 1 aliphatic rings. The summed E-state index contributed by atoms with van der Waals surface area (Å²) in [5, 5.41) is 0. The van der Waals surface area contributed by atoms with E-state index in [1.54, 1.807) is 0 Å². The maximum atomic E-state index is 13.3. The molecule has 1 saturated heterocycles. The van der Waals surface area contributed by atoms with Crippen LogP contribution in [0.25, 0.3) is 0 Å². The topological polar surface area (TPSA) is 29.5 Å². The average Bonchev–Trinajstić information content (AvgIpc) is 3.23. The van der Waals surface area contributed by atoms with E-state index in [0.29, 0.717) is 6.61 Å². The number of unbranched alkanes of at least 4 members (excludes halogenated alkanes) is 7.